The molecule has 0 bridgehead atoms. The molecule has 0 fully saturated rings. The van der Waals surface area contributed by atoms with Gasteiger partial charge in [-0.3, -0.25) is 4.79 Å². The highest BCUT2D eigenvalue weighted by atomic mass is 16.1. The van der Waals surface area contributed by atoms with Crippen molar-refractivity contribution in [3.63, 3.8) is 0 Å². The normalized spacial score (nSPS) is 11.9. The van der Waals surface area contributed by atoms with Crippen LogP contribution in [0.15, 0.2) is 48.5 Å². The Bertz CT molecular complexity index is 590. The number of hydrogen-bond donors (Lipinski definition) is 1. The summed E-state index contributed by atoms with van der Waals surface area (Å²) < 4.78 is 0. The molecule has 1 atom stereocenters. The van der Waals surface area contributed by atoms with Crippen LogP contribution in [0, 0.1) is 13.8 Å². The van der Waals surface area contributed by atoms with Gasteiger partial charge >= 0.3 is 0 Å². The molecule has 0 aliphatic carbocycles. The summed E-state index contributed by atoms with van der Waals surface area (Å²) in [6.45, 7) is 6.16. The molecular formula is C18H21NO. The molecule has 2 aromatic carbocycles. The minimum atomic E-state index is 0.0373. The van der Waals surface area contributed by atoms with E-state index in [0.717, 1.165) is 11.1 Å². The number of carbonyl (C=O) groups excluding carboxylic acids is 1. The van der Waals surface area contributed by atoms with Crippen molar-refractivity contribution < 1.29 is 4.79 Å². The van der Waals surface area contributed by atoms with Crippen LogP contribution in [0.2, 0.25) is 0 Å². The zero-order valence-corrected chi connectivity index (χ0v) is 12.3. The van der Waals surface area contributed by atoms with Gasteiger partial charge in [0.25, 0.3) is 0 Å². The fourth-order valence-electron chi connectivity index (χ4n) is 2.22. The molecule has 0 heterocycles. The number of rotatable bonds is 4. The fourth-order valence-corrected chi connectivity index (χ4v) is 2.22. The van der Waals surface area contributed by atoms with E-state index in [-0.39, 0.29) is 11.9 Å². The number of amides is 1. The second-order valence-corrected chi connectivity index (χ2v) is 5.30. The smallest absolute Gasteiger partial charge is 0.224 e. The van der Waals surface area contributed by atoms with Crippen LogP contribution in [0.25, 0.3) is 0 Å². The van der Waals surface area contributed by atoms with Crippen LogP contribution in [-0.4, -0.2) is 5.91 Å². The third-order valence-corrected chi connectivity index (χ3v) is 3.61. The van der Waals surface area contributed by atoms with Crippen LogP contribution in [-0.2, 0) is 11.2 Å². The molecule has 1 N–H and O–H groups in total. The fraction of sp³-hybridized carbons (Fsp3) is 0.278. The Hall–Kier alpha value is -2.09. The Morgan fingerprint density at radius 2 is 1.75 bits per heavy atom. The van der Waals surface area contributed by atoms with Crippen molar-refractivity contribution in [2.24, 2.45) is 0 Å². The second-order valence-electron chi connectivity index (χ2n) is 5.30. The van der Waals surface area contributed by atoms with Crippen molar-refractivity contribution >= 4 is 5.91 Å². The second kappa shape index (κ2) is 6.38. The Morgan fingerprint density at radius 3 is 2.40 bits per heavy atom. The van der Waals surface area contributed by atoms with Gasteiger partial charge in [-0.1, -0.05) is 48.5 Å². The van der Waals surface area contributed by atoms with Crippen LogP contribution >= 0.6 is 0 Å². The van der Waals surface area contributed by atoms with Crippen LogP contribution in [0.5, 0.6) is 0 Å². The maximum absolute atomic E-state index is 12.1. The quantitative estimate of drug-likeness (QED) is 0.898. The lowest BCUT2D eigenvalue weighted by Gasteiger charge is -2.14. The van der Waals surface area contributed by atoms with Crippen LogP contribution in [0.1, 0.15) is 35.2 Å². The Morgan fingerprint density at radius 1 is 1.05 bits per heavy atom. The van der Waals surface area contributed by atoms with Gasteiger partial charge in [0.1, 0.15) is 0 Å². The van der Waals surface area contributed by atoms with Gasteiger partial charge in [-0.05, 0) is 43.0 Å². The number of benzene rings is 2. The summed E-state index contributed by atoms with van der Waals surface area (Å²) >= 11 is 0. The average Bonchev–Trinajstić information content (AvgIpc) is 2.44. The Labute approximate surface area is 120 Å². The van der Waals surface area contributed by atoms with E-state index in [1.165, 1.54) is 11.1 Å². The van der Waals surface area contributed by atoms with Gasteiger partial charge in [0, 0.05) is 0 Å². The summed E-state index contributed by atoms with van der Waals surface area (Å²) in [6.07, 6.45) is 0.429. The maximum Gasteiger partial charge on any atom is 0.224 e. The van der Waals surface area contributed by atoms with Gasteiger partial charge in [0.2, 0.25) is 5.91 Å². The molecule has 0 aliphatic rings. The third kappa shape index (κ3) is 3.70. The lowest BCUT2D eigenvalue weighted by molar-refractivity contribution is -0.121. The first-order valence-corrected chi connectivity index (χ1v) is 6.96. The first kappa shape index (κ1) is 14.3. The first-order chi connectivity index (χ1) is 9.56. The number of aryl methyl sites for hydroxylation is 2. The lowest BCUT2D eigenvalue weighted by Crippen LogP contribution is -2.28. The monoisotopic (exact) mass is 267 g/mol. The van der Waals surface area contributed by atoms with Crippen LogP contribution in [0.4, 0.5) is 0 Å². The van der Waals surface area contributed by atoms with Crippen molar-refractivity contribution in [3.8, 4) is 0 Å². The molecule has 0 spiro atoms. The number of hydrogen-bond acceptors (Lipinski definition) is 1. The third-order valence-electron chi connectivity index (χ3n) is 3.61. The molecule has 1 amide bonds. The van der Waals surface area contributed by atoms with Gasteiger partial charge < -0.3 is 5.32 Å². The van der Waals surface area contributed by atoms with Gasteiger partial charge in [-0.15, -0.1) is 0 Å². The predicted molar refractivity (Wildman–Crippen MR) is 82.6 cm³/mol. The zero-order valence-electron chi connectivity index (χ0n) is 12.3. The molecule has 0 saturated heterocycles. The highest BCUT2D eigenvalue weighted by Crippen LogP contribution is 2.13. The molecular weight excluding hydrogens is 246 g/mol. The van der Waals surface area contributed by atoms with Crippen LogP contribution in [0.3, 0.4) is 0 Å². The van der Waals surface area contributed by atoms with Crippen molar-refractivity contribution in [2.45, 2.75) is 33.2 Å². The van der Waals surface area contributed by atoms with E-state index in [4.69, 9.17) is 0 Å². The minimum Gasteiger partial charge on any atom is -0.349 e. The van der Waals surface area contributed by atoms with Crippen molar-refractivity contribution in [2.75, 3.05) is 0 Å². The molecule has 0 saturated carbocycles. The van der Waals surface area contributed by atoms with Crippen molar-refractivity contribution in [3.05, 3.63) is 70.8 Å². The highest BCUT2D eigenvalue weighted by Gasteiger charge is 2.10. The molecule has 0 unspecified atom stereocenters. The van der Waals surface area contributed by atoms with E-state index in [0.29, 0.717) is 6.42 Å². The summed E-state index contributed by atoms with van der Waals surface area (Å²) in [4.78, 5) is 12.1. The lowest BCUT2D eigenvalue weighted by atomic mass is 10.0. The van der Waals surface area contributed by atoms with Crippen molar-refractivity contribution in [1.29, 1.82) is 0 Å². The molecule has 2 rings (SSSR count). The summed E-state index contributed by atoms with van der Waals surface area (Å²) in [6, 6.07) is 16.2. The van der Waals surface area contributed by atoms with E-state index < -0.39 is 0 Å². The average molecular weight is 267 g/mol. The molecule has 2 aromatic rings. The SMILES string of the molecule is Cc1ccc(CC(=O)N[C@@H](C)c2ccccc2)cc1C. The van der Waals surface area contributed by atoms with Gasteiger partial charge in [-0.25, -0.2) is 0 Å². The standard InChI is InChI=1S/C18H21NO/c1-13-9-10-16(11-14(13)2)12-18(20)19-15(3)17-7-5-4-6-8-17/h4-11,15H,12H2,1-3H3,(H,19,20)/t15-/m0/s1. The zero-order chi connectivity index (χ0) is 14.5. The molecule has 0 radical (unpaired) electrons. The number of nitrogens with one attached hydrogen (secondary N) is 1. The van der Waals surface area contributed by atoms with Crippen molar-refractivity contribution in [1.82, 2.24) is 5.32 Å². The minimum absolute atomic E-state index is 0.0373. The number of carbonyl (C=O) groups is 1. The molecule has 0 aromatic heterocycles. The summed E-state index contributed by atoms with van der Waals surface area (Å²) in [5.74, 6) is 0.0598. The van der Waals surface area contributed by atoms with E-state index in [1.54, 1.807) is 0 Å². The maximum atomic E-state index is 12.1. The Balaban J connectivity index is 1.97. The largest absolute Gasteiger partial charge is 0.349 e. The molecule has 0 aliphatic heterocycles. The summed E-state index contributed by atoms with van der Waals surface area (Å²) in [5, 5.41) is 3.04. The van der Waals surface area contributed by atoms with E-state index in [2.05, 4.69) is 31.3 Å². The first-order valence-electron chi connectivity index (χ1n) is 6.96. The molecule has 2 heteroatoms. The Kier molecular flexibility index (Phi) is 4.57. The van der Waals surface area contributed by atoms with Crippen LogP contribution < -0.4 is 5.32 Å². The highest BCUT2D eigenvalue weighted by molar-refractivity contribution is 5.79. The summed E-state index contributed by atoms with van der Waals surface area (Å²) in [7, 11) is 0. The van der Waals surface area contributed by atoms with Gasteiger partial charge in [0.05, 0.1) is 12.5 Å². The molecule has 2 nitrogen and oxygen atoms in total. The summed E-state index contributed by atoms with van der Waals surface area (Å²) in [5.41, 5.74) is 4.67. The van der Waals surface area contributed by atoms with E-state index in [1.807, 2.05) is 43.3 Å². The molecule has 20 heavy (non-hydrogen) atoms. The van der Waals surface area contributed by atoms with Gasteiger partial charge in [-0.2, -0.15) is 0 Å². The predicted octanol–water partition coefficient (Wildman–Crippen LogP) is 3.72. The van der Waals surface area contributed by atoms with E-state index in [9.17, 15) is 4.79 Å². The molecule has 104 valence electrons. The van der Waals surface area contributed by atoms with Gasteiger partial charge in [0.15, 0.2) is 0 Å². The van der Waals surface area contributed by atoms with E-state index >= 15 is 0 Å². The topological polar surface area (TPSA) is 29.1 Å².